The lowest BCUT2D eigenvalue weighted by molar-refractivity contribution is -0.144. The quantitative estimate of drug-likeness (QED) is 0.345. The second-order valence-electron chi connectivity index (χ2n) is 11.4. The normalized spacial score (nSPS) is 24.2. The van der Waals surface area contributed by atoms with Crippen LogP contribution in [0.1, 0.15) is 70.8 Å². The molecule has 0 bridgehead atoms. The number of hydrogen-bond acceptors (Lipinski definition) is 7. The Morgan fingerprint density at radius 1 is 1.15 bits per heavy atom. The number of amides is 1. The van der Waals surface area contributed by atoms with E-state index in [1.165, 1.54) is 6.07 Å². The second-order valence-corrected chi connectivity index (χ2v) is 11.4. The molecular formula is C31H33FN2O6. The van der Waals surface area contributed by atoms with E-state index in [1.807, 2.05) is 20.8 Å². The number of fused-ring (bicyclic) bond motifs is 3. The number of nitrogens with one attached hydrogen (secondary N) is 1. The van der Waals surface area contributed by atoms with Crippen molar-refractivity contribution in [1.29, 1.82) is 0 Å². The van der Waals surface area contributed by atoms with Crippen LogP contribution in [0.4, 0.5) is 4.39 Å². The number of hydrogen-bond donors (Lipinski definition) is 5. The van der Waals surface area contributed by atoms with Crippen molar-refractivity contribution in [1.82, 2.24) is 5.32 Å². The molecule has 0 unspecified atom stereocenters. The van der Waals surface area contributed by atoms with Gasteiger partial charge in [-0.05, 0) is 59.9 Å². The topological polar surface area (TPSA) is 150 Å². The standard InChI is InChI=1S/C31H33FN2O6/c1-14(2)20-10-18(13-34-12-16-6-4-5-7-22(16)32)15(3)24-21(20)9-17-8-19-11-23(35)26(30(33)39)29(38)31(19,40)28(37)25(17)27(24)36/h4-7,10,14,17,19,34-35,37,40H,8-9,11-13H2,1-3H3,(H2,33,39)/t17-,19+,31+/m1/s1. The smallest absolute Gasteiger partial charge is 0.255 e. The fraction of sp³-hybridized carbons (Fsp3) is 0.387. The summed E-state index contributed by atoms with van der Waals surface area (Å²) in [6, 6.07) is 8.55. The fourth-order valence-corrected chi connectivity index (χ4v) is 6.63. The third-order valence-electron chi connectivity index (χ3n) is 8.70. The number of aliphatic hydroxyl groups is 3. The second kappa shape index (κ2) is 9.98. The lowest BCUT2D eigenvalue weighted by atomic mass is 9.59. The predicted molar refractivity (Wildman–Crippen MR) is 145 cm³/mol. The van der Waals surface area contributed by atoms with Gasteiger partial charge in [0.2, 0.25) is 5.78 Å². The number of nitrogens with two attached hydrogens (primary N) is 1. The maximum atomic E-state index is 14.1. The van der Waals surface area contributed by atoms with E-state index in [-0.39, 0.29) is 30.1 Å². The average molecular weight is 549 g/mol. The van der Waals surface area contributed by atoms with Crippen LogP contribution < -0.4 is 11.1 Å². The summed E-state index contributed by atoms with van der Waals surface area (Å²) in [7, 11) is 0. The molecule has 5 rings (SSSR count). The minimum absolute atomic E-state index is 0.0425. The van der Waals surface area contributed by atoms with Crippen molar-refractivity contribution >= 4 is 17.5 Å². The molecule has 8 nitrogen and oxygen atoms in total. The van der Waals surface area contributed by atoms with Crippen molar-refractivity contribution in [2.45, 2.75) is 64.6 Å². The maximum Gasteiger partial charge on any atom is 0.255 e. The number of aliphatic hydroxyl groups excluding tert-OH is 2. The first-order chi connectivity index (χ1) is 18.9. The van der Waals surface area contributed by atoms with E-state index in [2.05, 4.69) is 11.4 Å². The first-order valence-electron chi connectivity index (χ1n) is 13.4. The molecule has 0 radical (unpaired) electrons. The summed E-state index contributed by atoms with van der Waals surface area (Å²) in [5, 5.41) is 36.4. The van der Waals surface area contributed by atoms with Gasteiger partial charge in [-0.1, -0.05) is 38.1 Å². The van der Waals surface area contributed by atoms with Gasteiger partial charge in [-0.15, -0.1) is 0 Å². The van der Waals surface area contributed by atoms with Crippen LogP contribution in [0.25, 0.3) is 0 Å². The first-order valence-corrected chi connectivity index (χ1v) is 13.4. The number of allylic oxidation sites excluding steroid dienone is 2. The third-order valence-corrected chi connectivity index (χ3v) is 8.70. The number of benzene rings is 2. The van der Waals surface area contributed by atoms with Gasteiger partial charge in [-0.2, -0.15) is 0 Å². The third kappa shape index (κ3) is 4.15. The zero-order valence-electron chi connectivity index (χ0n) is 22.7. The van der Waals surface area contributed by atoms with Crippen LogP contribution in [-0.2, 0) is 29.1 Å². The summed E-state index contributed by atoms with van der Waals surface area (Å²) in [6.45, 7) is 6.54. The molecule has 0 saturated carbocycles. The monoisotopic (exact) mass is 548 g/mol. The molecule has 6 N–H and O–H groups in total. The van der Waals surface area contributed by atoms with Gasteiger partial charge in [0.1, 0.15) is 22.9 Å². The molecular weight excluding hydrogens is 515 g/mol. The molecule has 3 aliphatic carbocycles. The molecule has 9 heteroatoms. The summed E-state index contributed by atoms with van der Waals surface area (Å²) >= 11 is 0. The van der Waals surface area contributed by atoms with Crippen molar-refractivity contribution < 1.29 is 34.1 Å². The van der Waals surface area contributed by atoms with Crippen LogP contribution in [0.5, 0.6) is 0 Å². The van der Waals surface area contributed by atoms with Gasteiger partial charge < -0.3 is 26.4 Å². The van der Waals surface area contributed by atoms with Gasteiger partial charge >= 0.3 is 0 Å². The lowest BCUT2D eigenvalue weighted by Crippen LogP contribution is -2.57. The Labute approximate surface area is 231 Å². The summed E-state index contributed by atoms with van der Waals surface area (Å²) in [4.78, 5) is 39.1. The van der Waals surface area contributed by atoms with Crippen LogP contribution in [0.15, 0.2) is 53.0 Å². The lowest BCUT2D eigenvalue weighted by Gasteiger charge is -2.46. The van der Waals surface area contributed by atoms with Crippen molar-refractivity contribution in [2.24, 2.45) is 17.6 Å². The van der Waals surface area contributed by atoms with E-state index in [1.54, 1.807) is 18.2 Å². The summed E-state index contributed by atoms with van der Waals surface area (Å²) in [5.74, 6) is -5.80. The highest BCUT2D eigenvalue weighted by Gasteiger charge is 2.59. The molecule has 0 saturated heterocycles. The minimum Gasteiger partial charge on any atom is -0.511 e. The van der Waals surface area contributed by atoms with Crippen LogP contribution in [0.2, 0.25) is 0 Å². The van der Waals surface area contributed by atoms with E-state index >= 15 is 0 Å². The number of carbonyl (C=O) groups excluding carboxylic acids is 3. The molecule has 3 aliphatic rings. The summed E-state index contributed by atoms with van der Waals surface area (Å²) in [5.41, 5.74) is 6.29. The van der Waals surface area contributed by atoms with Gasteiger partial charge in [0.25, 0.3) is 5.91 Å². The number of primary amides is 1. The highest BCUT2D eigenvalue weighted by molar-refractivity contribution is 6.24. The van der Waals surface area contributed by atoms with Crippen LogP contribution in [0.3, 0.4) is 0 Å². The number of ketones is 2. The number of Topliss-reactive ketones (excluding diaryl/α,β-unsaturated/α-hetero) is 2. The number of rotatable bonds is 6. The predicted octanol–water partition coefficient (Wildman–Crippen LogP) is 3.74. The first kappa shape index (κ1) is 27.7. The molecule has 0 heterocycles. The van der Waals surface area contributed by atoms with Crippen LogP contribution in [-0.4, -0.2) is 38.4 Å². The van der Waals surface area contributed by atoms with Crippen molar-refractivity contribution in [3.63, 3.8) is 0 Å². The SMILES string of the molecule is Cc1c(CNCc2ccccc2F)cc(C(C)C)c2c1C(=O)C1=C(O)[C@]3(O)C(=O)C(C(N)=O)=C(O)C[C@@H]3C[C@@H]1C2. The Morgan fingerprint density at radius 3 is 2.48 bits per heavy atom. The van der Waals surface area contributed by atoms with E-state index < -0.39 is 52.0 Å². The molecule has 3 atom stereocenters. The van der Waals surface area contributed by atoms with Crippen molar-refractivity contribution in [3.05, 3.63) is 92.2 Å². The molecule has 2 aromatic rings. The Hall–Kier alpha value is -3.82. The van der Waals surface area contributed by atoms with E-state index in [0.717, 1.165) is 16.7 Å². The highest BCUT2D eigenvalue weighted by Crippen LogP contribution is 2.51. The molecule has 0 spiro atoms. The van der Waals surface area contributed by atoms with Crippen LogP contribution >= 0.6 is 0 Å². The van der Waals surface area contributed by atoms with Gasteiger partial charge in [0, 0.05) is 42.1 Å². The zero-order chi connectivity index (χ0) is 29.1. The van der Waals surface area contributed by atoms with E-state index in [4.69, 9.17) is 5.73 Å². The number of carbonyl (C=O) groups is 3. The van der Waals surface area contributed by atoms with Gasteiger partial charge in [0.15, 0.2) is 11.4 Å². The fourth-order valence-electron chi connectivity index (χ4n) is 6.63. The molecule has 40 heavy (non-hydrogen) atoms. The average Bonchev–Trinajstić information content (AvgIpc) is 2.88. The Bertz CT molecular complexity index is 1520. The Balaban J connectivity index is 1.56. The Morgan fingerprint density at radius 2 is 1.82 bits per heavy atom. The van der Waals surface area contributed by atoms with E-state index in [0.29, 0.717) is 36.2 Å². The van der Waals surface area contributed by atoms with Crippen molar-refractivity contribution in [3.8, 4) is 0 Å². The Kier molecular flexibility index (Phi) is 6.92. The van der Waals surface area contributed by atoms with Crippen molar-refractivity contribution in [2.75, 3.05) is 0 Å². The summed E-state index contributed by atoms with van der Waals surface area (Å²) in [6.07, 6.45) is 0.342. The molecule has 210 valence electrons. The molecule has 0 fully saturated rings. The van der Waals surface area contributed by atoms with Gasteiger partial charge in [0.05, 0.1) is 0 Å². The van der Waals surface area contributed by atoms with Gasteiger partial charge in [-0.25, -0.2) is 4.39 Å². The van der Waals surface area contributed by atoms with E-state index in [9.17, 15) is 34.1 Å². The maximum absolute atomic E-state index is 14.1. The summed E-state index contributed by atoms with van der Waals surface area (Å²) < 4.78 is 14.1. The largest absolute Gasteiger partial charge is 0.511 e. The highest BCUT2D eigenvalue weighted by atomic mass is 19.1. The number of halogens is 1. The molecule has 1 amide bonds. The van der Waals surface area contributed by atoms with Crippen LogP contribution in [0, 0.1) is 24.6 Å². The van der Waals surface area contributed by atoms with Gasteiger partial charge in [-0.3, -0.25) is 14.4 Å². The minimum atomic E-state index is -2.52. The molecule has 0 aromatic heterocycles. The molecule has 0 aliphatic heterocycles. The zero-order valence-corrected chi connectivity index (χ0v) is 22.7. The molecule has 2 aromatic carbocycles.